The normalized spacial score (nSPS) is 31.0. The molecule has 32 heavy (non-hydrogen) atoms. The molecule has 1 saturated heterocycles. The largest absolute Gasteiger partial charge is 0.480 e. The third kappa shape index (κ3) is 9.24. The Morgan fingerprint density at radius 1 is 0.719 bits per heavy atom. The predicted molar refractivity (Wildman–Crippen MR) is 116 cm³/mol. The maximum atomic E-state index is 11.5. The second kappa shape index (κ2) is 13.4. The predicted octanol–water partition coefficient (Wildman–Crippen LogP) is -3.05. The van der Waals surface area contributed by atoms with Crippen LogP contribution in [0, 0.1) is 0 Å². The molecule has 0 amide bonds. The Labute approximate surface area is 188 Å². The van der Waals surface area contributed by atoms with Gasteiger partial charge < -0.3 is 41.3 Å². The summed E-state index contributed by atoms with van der Waals surface area (Å²) >= 11 is 0. The summed E-state index contributed by atoms with van der Waals surface area (Å²) in [6.45, 7) is 5.85. The number of aliphatic hydroxyl groups is 4. The van der Waals surface area contributed by atoms with Gasteiger partial charge in [0.15, 0.2) is 0 Å². The molecular formula is C20H40N4O8. The minimum atomic E-state index is -1.09. The van der Waals surface area contributed by atoms with Crippen molar-refractivity contribution in [1.82, 2.24) is 20.4 Å². The Balaban J connectivity index is 3.36. The fourth-order valence-corrected chi connectivity index (χ4v) is 4.02. The molecule has 12 nitrogen and oxygen atoms in total. The van der Waals surface area contributed by atoms with Crippen LogP contribution in [0.4, 0.5) is 0 Å². The molecule has 1 aliphatic heterocycles. The monoisotopic (exact) mass is 464 g/mol. The first-order chi connectivity index (χ1) is 14.8. The van der Waals surface area contributed by atoms with Crippen LogP contribution in [0.3, 0.4) is 0 Å². The van der Waals surface area contributed by atoms with Gasteiger partial charge in [-0.2, -0.15) is 0 Å². The minimum absolute atomic E-state index is 0.0893. The number of nitrogens with zero attached hydrogens (tertiary/aromatic N) is 2. The van der Waals surface area contributed by atoms with E-state index in [9.17, 15) is 40.2 Å². The molecule has 4 unspecified atom stereocenters. The molecule has 188 valence electrons. The van der Waals surface area contributed by atoms with Crippen molar-refractivity contribution in [3.05, 3.63) is 0 Å². The number of carbonyl (C=O) groups is 2. The van der Waals surface area contributed by atoms with Gasteiger partial charge >= 0.3 is 11.9 Å². The van der Waals surface area contributed by atoms with E-state index < -0.39 is 60.5 Å². The molecule has 8 N–H and O–H groups in total. The molecule has 0 aromatic heterocycles. The van der Waals surface area contributed by atoms with Gasteiger partial charge in [0.2, 0.25) is 0 Å². The topological polar surface area (TPSA) is 186 Å². The van der Waals surface area contributed by atoms with Crippen LogP contribution in [0.15, 0.2) is 0 Å². The quantitative estimate of drug-likeness (QED) is 0.182. The van der Waals surface area contributed by atoms with E-state index in [4.69, 9.17) is 0 Å². The van der Waals surface area contributed by atoms with E-state index in [1.54, 1.807) is 23.6 Å². The Hall–Kier alpha value is -1.38. The van der Waals surface area contributed by atoms with Crippen molar-refractivity contribution in [3.8, 4) is 0 Å². The maximum absolute atomic E-state index is 11.5. The van der Waals surface area contributed by atoms with E-state index in [1.165, 1.54) is 13.8 Å². The van der Waals surface area contributed by atoms with Crippen molar-refractivity contribution in [2.45, 2.75) is 76.3 Å². The summed E-state index contributed by atoms with van der Waals surface area (Å²) in [5, 5.41) is 66.4. The molecule has 0 radical (unpaired) electrons. The van der Waals surface area contributed by atoms with E-state index in [0.29, 0.717) is 0 Å². The highest BCUT2D eigenvalue weighted by Gasteiger charge is 2.34. The molecule has 0 aromatic carbocycles. The summed E-state index contributed by atoms with van der Waals surface area (Å²) in [6, 6.07) is -2.49. The average molecular weight is 465 g/mol. The molecule has 1 fully saturated rings. The molecule has 8 atom stereocenters. The van der Waals surface area contributed by atoms with E-state index in [1.807, 2.05) is 0 Å². The zero-order valence-electron chi connectivity index (χ0n) is 19.3. The van der Waals surface area contributed by atoms with Crippen LogP contribution in [-0.4, -0.2) is 140 Å². The fourth-order valence-electron chi connectivity index (χ4n) is 4.02. The number of rotatable bonds is 8. The van der Waals surface area contributed by atoms with Gasteiger partial charge in [0.1, 0.15) is 0 Å². The van der Waals surface area contributed by atoms with Crippen LogP contribution >= 0.6 is 0 Å². The number of nitrogens with one attached hydrogen (secondary N) is 2. The van der Waals surface area contributed by atoms with E-state index in [2.05, 4.69) is 10.6 Å². The van der Waals surface area contributed by atoms with E-state index in [0.717, 1.165) is 0 Å². The third-order valence-corrected chi connectivity index (χ3v) is 5.93. The zero-order valence-corrected chi connectivity index (χ0v) is 19.3. The van der Waals surface area contributed by atoms with Gasteiger partial charge in [0.05, 0.1) is 37.5 Å². The van der Waals surface area contributed by atoms with Crippen molar-refractivity contribution in [3.63, 3.8) is 0 Å². The number of carboxylic acids is 2. The summed E-state index contributed by atoms with van der Waals surface area (Å²) in [5.74, 6) is -2.18. The summed E-state index contributed by atoms with van der Waals surface area (Å²) < 4.78 is 0. The van der Waals surface area contributed by atoms with Gasteiger partial charge in [-0.25, -0.2) is 0 Å². The molecule has 0 aromatic rings. The molecule has 12 heteroatoms. The SMILES string of the molecule is CC(O)[C@H]1CN[C@@H](C(C)O)CN(CC(=O)O)[C@@H](C(C)O)CN[C@@H](C(C)O)CN1CC(=O)O. The smallest absolute Gasteiger partial charge is 0.317 e. The Morgan fingerprint density at radius 2 is 1.03 bits per heavy atom. The third-order valence-electron chi connectivity index (χ3n) is 5.93. The van der Waals surface area contributed by atoms with Crippen molar-refractivity contribution in [2.24, 2.45) is 0 Å². The first kappa shape index (κ1) is 28.7. The van der Waals surface area contributed by atoms with Gasteiger partial charge in [0.25, 0.3) is 0 Å². The average Bonchev–Trinajstić information content (AvgIpc) is 2.62. The van der Waals surface area contributed by atoms with Gasteiger partial charge in [-0.15, -0.1) is 0 Å². The molecule has 1 heterocycles. The highest BCUT2D eigenvalue weighted by molar-refractivity contribution is 5.69. The Morgan fingerprint density at radius 3 is 1.25 bits per heavy atom. The number of carboxylic acid groups (broad SMARTS) is 2. The van der Waals surface area contributed by atoms with Crippen molar-refractivity contribution in [2.75, 3.05) is 39.3 Å². The summed E-state index contributed by atoms with van der Waals surface area (Å²) in [7, 11) is 0. The first-order valence-corrected chi connectivity index (χ1v) is 10.9. The van der Waals surface area contributed by atoms with Gasteiger partial charge in [-0.05, 0) is 27.7 Å². The standard InChI is InChI=1S/C20H40N4O8/c1-11(25)15-7-23(9-19(29)30)18(14(4)28)6-22-16(12(2)26)8-24(10-20(31)32)17(5-21-15)13(3)27/h11-18,21-22,25-28H,5-10H2,1-4H3,(H,29,30)(H,31,32)/t11?,12?,13?,14?,15-,16-,17-,18-/m1/s1. The van der Waals surface area contributed by atoms with Gasteiger partial charge in [-0.1, -0.05) is 0 Å². The van der Waals surface area contributed by atoms with Crippen LogP contribution < -0.4 is 10.6 Å². The number of hydrogen-bond donors (Lipinski definition) is 8. The summed E-state index contributed by atoms with van der Waals surface area (Å²) in [5.41, 5.74) is 0. The lowest BCUT2D eigenvalue weighted by molar-refractivity contribution is -0.140. The van der Waals surface area contributed by atoms with Gasteiger partial charge in [-0.3, -0.25) is 19.4 Å². The van der Waals surface area contributed by atoms with Gasteiger partial charge in [0, 0.05) is 50.3 Å². The molecule has 0 bridgehead atoms. The van der Waals surface area contributed by atoms with E-state index in [-0.39, 0.29) is 39.3 Å². The summed E-state index contributed by atoms with van der Waals surface area (Å²) in [4.78, 5) is 26.1. The molecular weight excluding hydrogens is 424 g/mol. The van der Waals surface area contributed by atoms with Crippen LogP contribution in [0.1, 0.15) is 27.7 Å². The molecule has 0 aliphatic carbocycles. The second-order valence-corrected chi connectivity index (χ2v) is 8.77. The number of hydrogen-bond acceptors (Lipinski definition) is 10. The number of aliphatic hydroxyl groups excluding tert-OH is 4. The maximum Gasteiger partial charge on any atom is 0.317 e. The van der Waals surface area contributed by atoms with Crippen molar-refractivity contribution >= 4 is 11.9 Å². The lowest BCUT2D eigenvalue weighted by Gasteiger charge is -2.41. The first-order valence-electron chi connectivity index (χ1n) is 10.9. The second-order valence-electron chi connectivity index (χ2n) is 8.77. The van der Waals surface area contributed by atoms with E-state index >= 15 is 0 Å². The minimum Gasteiger partial charge on any atom is -0.480 e. The van der Waals surface area contributed by atoms with Crippen LogP contribution in [0.25, 0.3) is 0 Å². The molecule has 0 spiro atoms. The van der Waals surface area contributed by atoms with Crippen LogP contribution in [0.5, 0.6) is 0 Å². The Kier molecular flexibility index (Phi) is 12.0. The van der Waals surface area contributed by atoms with Crippen molar-refractivity contribution < 1.29 is 40.2 Å². The Bertz CT molecular complexity index is 540. The molecule has 0 saturated carbocycles. The van der Waals surface area contributed by atoms with Crippen molar-refractivity contribution in [1.29, 1.82) is 0 Å². The summed E-state index contributed by atoms with van der Waals surface area (Å²) in [6.07, 6.45) is -3.61. The molecule has 1 aliphatic rings. The lowest BCUT2D eigenvalue weighted by atomic mass is 10.0. The van der Waals surface area contributed by atoms with Crippen LogP contribution in [-0.2, 0) is 9.59 Å². The number of aliphatic carboxylic acids is 2. The highest BCUT2D eigenvalue weighted by Crippen LogP contribution is 2.13. The fraction of sp³-hybridized carbons (Fsp3) is 0.900. The lowest BCUT2D eigenvalue weighted by Crippen LogP contribution is -2.63. The molecule has 1 rings (SSSR count). The van der Waals surface area contributed by atoms with Crippen LogP contribution in [0.2, 0.25) is 0 Å². The highest BCUT2D eigenvalue weighted by atomic mass is 16.4. The zero-order chi connectivity index (χ0) is 24.6.